The number of rotatable bonds is 7. The zero-order valence-corrected chi connectivity index (χ0v) is 12.6. The van der Waals surface area contributed by atoms with Gasteiger partial charge in [0.15, 0.2) is 6.10 Å². The maximum atomic E-state index is 12.1. The molecule has 3 N–H and O–H groups in total. The van der Waals surface area contributed by atoms with E-state index in [2.05, 4.69) is 5.32 Å². The summed E-state index contributed by atoms with van der Waals surface area (Å²) in [5.74, 6) is -1.68. The van der Waals surface area contributed by atoms with Crippen molar-refractivity contribution in [3.8, 4) is 0 Å². The maximum Gasteiger partial charge on any atom is 0.334 e. The molecule has 120 valence electrons. The number of aliphatic hydroxyl groups excluding tert-OH is 1. The lowest BCUT2D eigenvalue weighted by atomic mass is 10.0. The van der Waals surface area contributed by atoms with Crippen LogP contribution in [0.15, 0.2) is 60.7 Å². The number of hydrogen-bond donors (Lipinski definition) is 3. The van der Waals surface area contributed by atoms with Crippen LogP contribution in [0, 0.1) is 0 Å². The highest BCUT2D eigenvalue weighted by molar-refractivity contribution is 5.80. The number of carbonyl (C=O) groups is 2. The molecular formula is C18H19NO4. The van der Waals surface area contributed by atoms with Crippen LogP contribution in [-0.2, 0) is 22.4 Å². The first-order chi connectivity index (χ1) is 11.1. The Hall–Kier alpha value is -2.66. The fraction of sp³-hybridized carbons (Fsp3) is 0.222. The molecule has 1 amide bonds. The Balaban J connectivity index is 2.05. The van der Waals surface area contributed by atoms with E-state index < -0.39 is 18.1 Å². The summed E-state index contributed by atoms with van der Waals surface area (Å²) in [7, 11) is 0. The molecule has 5 heteroatoms. The number of aliphatic carboxylic acids is 1. The van der Waals surface area contributed by atoms with Gasteiger partial charge in [-0.2, -0.15) is 0 Å². The van der Waals surface area contributed by atoms with Gasteiger partial charge in [0.05, 0.1) is 12.5 Å². The Kier molecular flexibility index (Phi) is 5.88. The molecular weight excluding hydrogens is 294 g/mol. The second-order valence-corrected chi connectivity index (χ2v) is 5.31. The quantitative estimate of drug-likeness (QED) is 0.721. The molecule has 2 rings (SSSR count). The Labute approximate surface area is 134 Å². The SMILES string of the molecule is O=C(Cc1ccccc1)NC(Cc1ccccc1)C(O)C(=O)O. The topological polar surface area (TPSA) is 86.6 Å². The van der Waals surface area contributed by atoms with Crippen molar-refractivity contribution in [3.05, 3.63) is 71.8 Å². The van der Waals surface area contributed by atoms with Crippen LogP contribution in [0.1, 0.15) is 11.1 Å². The van der Waals surface area contributed by atoms with Gasteiger partial charge >= 0.3 is 5.97 Å². The largest absolute Gasteiger partial charge is 0.479 e. The molecule has 0 aromatic heterocycles. The van der Waals surface area contributed by atoms with E-state index in [4.69, 9.17) is 5.11 Å². The Morgan fingerprint density at radius 2 is 1.43 bits per heavy atom. The van der Waals surface area contributed by atoms with Crippen molar-refractivity contribution in [2.24, 2.45) is 0 Å². The van der Waals surface area contributed by atoms with Crippen molar-refractivity contribution in [1.82, 2.24) is 5.32 Å². The zero-order chi connectivity index (χ0) is 16.7. The third-order valence-electron chi connectivity index (χ3n) is 3.49. The molecule has 23 heavy (non-hydrogen) atoms. The lowest BCUT2D eigenvalue weighted by Crippen LogP contribution is -2.48. The summed E-state index contributed by atoms with van der Waals surface area (Å²) in [4.78, 5) is 23.2. The van der Waals surface area contributed by atoms with Gasteiger partial charge in [-0.25, -0.2) is 4.79 Å². The first-order valence-corrected chi connectivity index (χ1v) is 7.34. The van der Waals surface area contributed by atoms with Gasteiger partial charge in [-0.15, -0.1) is 0 Å². The van der Waals surface area contributed by atoms with Gasteiger partial charge in [-0.3, -0.25) is 4.79 Å². The lowest BCUT2D eigenvalue weighted by Gasteiger charge is -2.21. The molecule has 0 radical (unpaired) electrons. The molecule has 2 aromatic rings. The van der Waals surface area contributed by atoms with Crippen LogP contribution in [0.25, 0.3) is 0 Å². The molecule has 0 bridgehead atoms. The molecule has 0 saturated carbocycles. The van der Waals surface area contributed by atoms with Gasteiger partial charge < -0.3 is 15.5 Å². The summed E-state index contributed by atoms with van der Waals surface area (Å²) in [6.45, 7) is 0. The zero-order valence-electron chi connectivity index (χ0n) is 12.6. The maximum absolute atomic E-state index is 12.1. The number of amides is 1. The minimum atomic E-state index is -1.66. The molecule has 5 nitrogen and oxygen atoms in total. The van der Waals surface area contributed by atoms with Crippen molar-refractivity contribution in [2.75, 3.05) is 0 Å². The summed E-state index contributed by atoms with van der Waals surface area (Å²) >= 11 is 0. The molecule has 2 atom stereocenters. The molecule has 0 heterocycles. The minimum absolute atomic E-state index is 0.137. The highest BCUT2D eigenvalue weighted by Gasteiger charge is 2.27. The van der Waals surface area contributed by atoms with E-state index in [0.29, 0.717) is 0 Å². The standard InChI is InChI=1S/C18H19NO4/c20-16(12-14-9-5-2-6-10-14)19-15(17(21)18(22)23)11-13-7-3-1-4-8-13/h1-10,15,17,21H,11-12H2,(H,19,20)(H,22,23). The van der Waals surface area contributed by atoms with E-state index >= 15 is 0 Å². The van der Waals surface area contributed by atoms with E-state index in [1.165, 1.54) is 0 Å². The summed E-state index contributed by atoms with van der Waals surface area (Å²) in [5.41, 5.74) is 1.67. The van der Waals surface area contributed by atoms with Crippen LogP contribution in [0.2, 0.25) is 0 Å². The van der Waals surface area contributed by atoms with E-state index in [9.17, 15) is 14.7 Å². The van der Waals surface area contributed by atoms with Crippen LogP contribution in [-0.4, -0.2) is 34.2 Å². The number of hydrogen-bond acceptors (Lipinski definition) is 3. The fourth-order valence-electron chi connectivity index (χ4n) is 2.32. The Morgan fingerprint density at radius 1 is 0.913 bits per heavy atom. The molecule has 2 unspecified atom stereocenters. The summed E-state index contributed by atoms with van der Waals surface area (Å²) < 4.78 is 0. The van der Waals surface area contributed by atoms with Crippen LogP contribution in [0.5, 0.6) is 0 Å². The molecule has 0 aliphatic heterocycles. The second-order valence-electron chi connectivity index (χ2n) is 5.31. The summed E-state index contributed by atoms with van der Waals surface area (Å²) in [5, 5.41) is 21.5. The first-order valence-electron chi connectivity index (χ1n) is 7.34. The van der Waals surface area contributed by atoms with Gasteiger partial charge in [0.2, 0.25) is 5.91 Å². The van der Waals surface area contributed by atoms with Gasteiger partial charge in [0.25, 0.3) is 0 Å². The highest BCUT2D eigenvalue weighted by atomic mass is 16.4. The number of carbonyl (C=O) groups excluding carboxylic acids is 1. The smallest absolute Gasteiger partial charge is 0.334 e. The van der Waals surface area contributed by atoms with Gasteiger partial charge in [-0.1, -0.05) is 60.7 Å². The average Bonchev–Trinajstić information content (AvgIpc) is 2.55. The van der Waals surface area contributed by atoms with E-state index in [-0.39, 0.29) is 18.7 Å². The second kappa shape index (κ2) is 8.10. The number of aliphatic hydroxyl groups is 1. The van der Waals surface area contributed by atoms with E-state index in [0.717, 1.165) is 11.1 Å². The minimum Gasteiger partial charge on any atom is -0.479 e. The molecule has 0 spiro atoms. The van der Waals surface area contributed by atoms with Crippen LogP contribution < -0.4 is 5.32 Å². The summed E-state index contributed by atoms with van der Waals surface area (Å²) in [6.07, 6.45) is -1.28. The van der Waals surface area contributed by atoms with Crippen molar-refractivity contribution in [1.29, 1.82) is 0 Å². The lowest BCUT2D eigenvalue weighted by molar-refractivity contribution is -0.148. The van der Waals surface area contributed by atoms with Gasteiger partial charge in [0.1, 0.15) is 0 Å². The van der Waals surface area contributed by atoms with Crippen LogP contribution in [0.3, 0.4) is 0 Å². The third-order valence-corrected chi connectivity index (χ3v) is 3.49. The van der Waals surface area contributed by atoms with Crippen molar-refractivity contribution in [3.63, 3.8) is 0 Å². The molecule has 2 aromatic carbocycles. The molecule has 0 aliphatic carbocycles. The number of carboxylic acid groups (broad SMARTS) is 1. The predicted molar refractivity (Wildman–Crippen MR) is 85.9 cm³/mol. The predicted octanol–water partition coefficient (Wildman–Crippen LogP) is 1.40. The number of carboxylic acids is 1. The summed E-state index contributed by atoms with van der Waals surface area (Å²) in [6, 6.07) is 17.4. The van der Waals surface area contributed by atoms with Crippen LogP contribution in [0.4, 0.5) is 0 Å². The van der Waals surface area contributed by atoms with E-state index in [1.54, 1.807) is 0 Å². The van der Waals surface area contributed by atoms with Crippen molar-refractivity contribution in [2.45, 2.75) is 25.0 Å². The molecule has 0 fully saturated rings. The van der Waals surface area contributed by atoms with Gasteiger partial charge in [-0.05, 0) is 17.5 Å². The van der Waals surface area contributed by atoms with Gasteiger partial charge in [0, 0.05) is 0 Å². The Morgan fingerprint density at radius 3 is 1.96 bits per heavy atom. The third kappa shape index (κ3) is 5.23. The highest BCUT2D eigenvalue weighted by Crippen LogP contribution is 2.08. The molecule has 0 aliphatic rings. The molecule has 0 saturated heterocycles. The van der Waals surface area contributed by atoms with Crippen LogP contribution >= 0.6 is 0 Å². The van der Waals surface area contributed by atoms with E-state index in [1.807, 2.05) is 60.7 Å². The Bertz CT molecular complexity index is 643. The monoisotopic (exact) mass is 313 g/mol. The first kappa shape index (κ1) is 16.7. The normalized spacial score (nSPS) is 13.1. The average molecular weight is 313 g/mol. The number of benzene rings is 2. The van der Waals surface area contributed by atoms with Crippen molar-refractivity contribution >= 4 is 11.9 Å². The van der Waals surface area contributed by atoms with Crippen molar-refractivity contribution < 1.29 is 19.8 Å². The fourth-order valence-corrected chi connectivity index (χ4v) is 2.32. The number of nitrogens with one attached hydrogen (secondary N) is 1.